The lowest BCUT2D eigenvalue weighted by atomic mass is 9.51. The number of rotatable bonds is 4. The van der Waals surface area contributed by atoms with Gasteiger partial charge >= 0.3 is 0 Å². The van der Waals surface area contributed by atoms with Crippen LogP contribution in [0.15, 0.2) is 0 Å². The van der Waals surface area contributed by atoms with Crippen molar-refractivity contribution in [2.75, 3.05) is 0 Å². The van der Waals surface area contributed by atoms with E-state index in [0.29, 0.717) is 10.8 Å². The molecular weight excluding hydrogens is 252 g/mol. The minimum absolute atomic E-state index is 0.603. The maximum atomic E-state index is 2.62. The molecule has 0 aromatic heterocycles. The molecule has 0 heterocycles. The number of hydrogen-bond donors (Lipinski definition) is 0. The van der Waals surface area contributed by atoms with Gasteiger partial charge in [0, 0.05) is 0 Å². The summed E-state index contributed by atoms with van der Waals surface area (Å²) in [4.78, 5) is 0. The minimum atomic E-state index is 0.603. The Morgan fingerprint density at radius 2 is 1.48 bits per heavy atom. The van der Waals surface area contributed by atoms with Gasteiger partial charge in [0.1, 0.15) is 0 Å². The molecule has 2 aliphatic carbocycles. The summed E-state index contributed by atoms with van der Waals surface area (Å²) < 4.78 is 0. The molecule has 0 spiro atoms. The van der Waals surface area contributed by atoms with Crippen LogP contribution in [0.3, 0.4) is 0 Å². The van der Waals surface area contributed by atoms with Crippen LogP contribution < -0.4 is 0 Å². The molecule has 0 saturated heterocycles. The summed E-state index contributed by atoms with van der Waals surface area (Å²) in [6.45, 7) is 15.1. The normalized spacial score (nSPS) is 34.6. The van der Waals surface area contributed by atoms with Gasteiger partial charge in [0.2, 0.25) is 0 Å². The van der Waals surface area contributed by atoms with Crippen LogP contribution in [0.2, 0.25) is 0 Å². The van der Waals surface area contributed by atoms with Crippen molar-refractivity contribution in [2.45, 2.75) is 99.3 Å². The fourth-order valence-corrected chi connectivity index (χ4v) is 5.75. The van der Waals surface area contributed by atoms with Crippen molar-refractivity contribution < 1.29 is 0 Å². The molecule has 0 bridgehead atoms. The van der Waals surface area contributed by atoms with Gasteiger partial charge in [-0.3, -0.25) is 0 Å². The highest BCUT2D eigenvalue weighted by atomic mass is 14.5. The van der Waals surface area contributed by atoms with Gasteiger partial charge in [-0.25, -0.2) is 0 Å². The van der Waals surface area contributed by atoms with Gasteiger partial charge in [0.05, 0.1) is 0 Å². The maximum Gasteiger partial charge on any atom is -0.0248 e. The van der Waals surface area contributed by atoms with E-state index in [1.807, 2.05) is 0 Å². The summed E-state index contributed by atoms with van der Waals surface area (Å²) in [5, 5.41) is 0. The molecule has 0 N–H and O–H groups in total. The second-order valence-electron chi connectivity index (χ2n) is 9.51. The first-order valence-electron chi connectivity index (χ1n) is 9.80. The van der Waals surface area contributed by atoms with Crippen LogP contribution in [-0.2, 0) is 0 Å². The van der Waals surface area contributed by atoms with Crippen LogP contribution in [0.5, 0.6) is 0 Å². The Kier molecular flexibility index (Phi) is 5.48. The first-order valence-corrected chi connectivity index (χ1v) is 9.80. The van der Waals surface area contributed by atoms with Crippen molar-refractivity contribution in [2.24, 2.45) is 34.5 Å². The fraction of sp³-hybridized carbons (Fsp3) is 1.00. The molecule has 2 unspecified atom stereocenters. The van der Waals surface area contributed by atoms with E-state index in [1.54, 1.807) is 0 Å². The molecule has 2 saturated carbocycles. The van der Waals surface area contributed by atoms with Gasteiger partial charge in [-0.2, -0.15) is 0 Å². The molecular formula is C21H40. The van der Waals surface area contributed by atoms with Crippen LogP contribution in [0.1, 0.15) is 99.3 Å². The molecule has 0 heteroatoms. The third-order valence-corrected chi connectivity index (χ3v) is 7.82. The summed E-state index contributed by atoms with van der Waals surface area (Å²) in [5.74, 6) is 3.60. The topological polar surface area (TPSA) is 0 Å². The van der Waals surface area contributed by atoms with E-state index in [9.17, 15) is 0 Å². The average Bonchev–Trinajstić information content (AvgIpc) is 2.42. The predicted molar refractivity (Wildman–Crippen MR) is 94.4 cm³/mol. The minimum Gasteiger partial charge on any atom is -0.0622 e. The maximum absolute atomic E-state index is 2.62. The Labute approximate surface area is 134 Å². The quantitative estimate of drug-likeness (QED) is 0.519. The summed E-state index contributed by atoms with van der Waals surface area (Å²) in [6, 6.07) is 0. The molecule has 0 aromatic carbocycles. The Morgan fingerprint density at radius 3 is 1.95 bits per heavy atom. The van der Waals surface area contributed by atoms with E-state index in [-0.39, 0.29) is 0 Å². The summed E-state index contributed by atoms with van der Waals surface area (Å²) in [6.07, 6.45) is 13.4. The van der Waals surface area contributed by atoms with E-state index in [4.69, 9.17) is 0 Å². The van der Waals surface area contributed by atoms with Crippen LogP contribution in [0.4, 0.5) is 0 Å². The van der Waals surface area contributed by atoms with Gasteiger partial charge in [-0.15, -0.1) is 0 Å². The highest BCUT2D eigenvalue weighted by molar-refractivity contribution is 4.98. The third-order valence-electron chi connectivity index (χ3n) is 7.82. The Morgan fingerprint density at radius 1 is 0.905 bits per heavy atom. The van der Waals surface area contributed by atoms with Gasteiger partial charge in [0.15, 0.2) is 0 Å². The first-order chi connectivity index (χ1) is 9.80. The Balaban J connectivity index is 2.04. The van der Waals surface area contributed by atoms with Crippen molar-refractivity contribution >= 4 is 0 Å². The zero-order valence-electron chi connectivity index (χ0n) is 15.7. The highest BCUT2D eigenvalue weighted by Crippen LogP contribution is 2.57. The third kappa shape index (κ3) is 3.50. The van der Waals surface area contributed by atoms with Crippen molar-refractivity contribution in [3.63, 3.8) is 0 Å². The molecule has 0 amide bonds. The van der Waals surface area contributed by atoms with Gasteiger partial charge in [0.25, 0.3) is 0 Å². The molecule has 2 fully saturated rings. The van der Waals surface area contributed by atoms with Gasteiger partial charge in [-0.05, 0) is 60.2 Å². The van der Waals surface area contributed by atoms with Crippen molar-refractivity contribution in [1.29, 1.82) is 0 Å². The highest BCUT2D eigenvalue weighted by Gasteiger charge is 2.48. The van der Waals surface area contributed by atoms with Gasteiger partial charge < -0.3 is 0 Å². The second-order valence-corrected chi connectivity index (χ2v) is 9.51. The second kappa shape index (κ2) is 6.63. The SMILES string of the molecule is CC1CC(C(C)C)(C(C)C)CCC1(C)CC1CCCCC1. The molecule has 0 aromatic rings. The van der Waals surface area contributed by atoms with Crippen LogP contribution >= 0.6 is 0 Å². The lowest BCUT2D eigenvalue weighted by Crippen LogP contribution is -2.45. The molecule has 0 nitrogen and oxygen atoms in total. The molecule has 2 atom stereocenters. The zero-order chi connectivity index (χ0) is 15.7. The summed E-state index contributed by atoms with van der Waals surface area (Å²) >= 11 is 0. The first kappa shape index (κ1) is 17.4. The Hall–Kier alpha value is 0. The molecule has 124 valence electrons. The summed E-state index contributed by atoms with van der Waals surface area (Å²) in [5.41, 5.74) is 1.22. The van der Waals surface area contributed by atoms with Crippen LogP contribution in [0.25, 0.3) is 0 Å². The number of hydrogen-bond acceptors (Lipinski definition) is 0. The smallest absolute Gasteiger partial charge is 0.0248 e. The van der Waals surface area contributed by atoms with Gasteiger partial charge in [-0.1, -0.05) is 73.6 Å². The molecule has 0 aliphatic heterocycles. The molecule has 21 heavy (non-hydrogen) atoms. The zero-order valence-corrected chi connectivity index (χ0v) is 15.7. The van der Waals surface area contributed by atoms with E-state index < -0.39 is 0 Å². The average molecular weight is 293 g/mol. The lowest BCUT2D eigenvalue weighted by molar-refractivity contribution is -0.0428. The van der Waals surface area contributed by atoms with Crippen molar-refractivity contribution in [3.05, 3.63) is 0 Å². The van der Waals surface area contributed by atoms with E-state index >= 15 is 0 Å². The monoisotopic (exact) mass is 292 g/mol. The van der Waals surface area contributed by atoms with Crippen LogP contribution in [0, 0.1) is 34.5 Å². The van der Waals surface area contributed by atoms with Crippen LogP contribution in [-0.4, -0.2) is 0 Å². The molecule has 2 rings (SSSR count). The van der Waals surface area contributed by atoms with Crippen molar-refractivity contribution in [3.8, 4) is 0 Å². The van der Waals surface area contributed by atoms with Crippen molar-refractivity contribution in [1.82, 2.24) is 0 Å². The molecule has 2 aliphatic rings. The summed E-state index contributed by atoms with van der Waals surface area (Å²) in [7, 11) is 0. The molecule has 0 radical (unpaired) electrons. The largest absolute Gasteiger partial charge is 0.0622 e. The Bertz CT molecular complexity index is 313. The lowest BCUT2D eigenvalue weighted by Gasteiger charge is -2.54. The van der Waals surface area contributed by atoms with E-state index in [0.717, 1.165) is 23.7 Å². The predicted octanol–water partition coefficient (Wildman–Crippen LogP) is 7.08. The van der Waals surface area contributed by atoms with E-state index in [2.05, 4.69) is 41.5 Å². The standard InChI is InChI=1S/C21H40/c1-16(2)21(17(3)4)13-12-20(6,18(5)14-21)15-19-10-8-7-9-11-19/h16-19H,7-15H2,1-6H3. The van der Waals surface area contributed by atoms with E-state index in [1.165, 1.54) is 57.8 Å². The fourth-order valence-electron chi connectivity index (χ4n) is 5.75.